The Labute approximate surface area is 128 Å². The second-order valence-electron chi connectivity index (χ2n) is 5.67. The van der Waals surface area contributed by atoms with Gasteiger partial charge in [0, 0.05) is 13.3 Å². The smallest absolute Gasteiger partial charge is 0.339 e. The van der Waals surface area contributed by atoms with Crippen molar-refractivity contribution in [1.29, 1.82) is 0 Å². The summed E-state index contributed by atoms with van der Waals surface area (Å²) in [5.41, 5.74) is -0.330. The van der Waals surface area contributed by atoms with Gasteiger partial charge in [0.1, 0.15) is 11.1 Å². The molecule has 0 fully saturated rings. The van der Waals surface area contributed by atoms with Gasteiger partial charge in [-0.05, 0) is 24.5 Å². The predicted molar refractivity (Wildman–Crippen MR) is 81.1 cm³/mol. The van der Waals surface area contributed by atoms with E-state index in [-0.39, 0.29) is 29.8 Å². The molecule has 0 aromatic carbocycles. The predicted octanol–water partition coefficient (Wildman–Crippen LogP) is 1.72. The Hall–Kier alpha value is -2.28. The van der Waals surface area contributed by atoms with Gasteiger partial charge < -0.3 is 9.84 Å². The van der Waals surface area contributed by atoms with Gasteiger partial charge in [-0.15, -0.1) is 0 Å². The molecule has 22 heavy (non-hydrogen) atoms. The van der Waals surface area contributed by atoms with Gasteiger partial charge in [0.2, 0.25) is 0 Å². The maximum atomic E-state index is 12.6. The summed E-state index contributed by atoms with van der Waals surface area (Å²) in [5.74, 6) is -1.37. The zero-order chi connectivity index (χ0) is 16.5. The normalized spacial score (nSPS) is 21.0. The van der Waals surface area contributed by atoms with E-state index < -0.39 is 11.5 Å². The third-order valence-electron chi connectivity index (χ3n) is 3.91. The zero-order valence-corrected chi connectivity index (χ0v) is 13.0. The van der Waals surface area contributed by atoms with Crippen LogP contribution in [-0.4, -0.2) is 41.0 Å². The second-order valence-corrected chi connectivity index (χ2v) is 5.67. The summed E-state index contributed by atoms with van der Waals surface area (Å²) in [6, 6.07) is 1.46. The average molecular weight is 305 g/mol. The van der Waals surface area contributed by atoms with Crippen LogP contribution in [0.25, 0.3) is 0 Å². The number of carbonyl (C=O) groups excluding carboxylic acids is 1. The van der Waals surface area contributed by atoms with E-state index in [2.05, 4.69) is 9.98 Å². The lowest BCUT2D eigenvalue weighted by Crippen LogP contribution is -2.43. The monoisotopic (exact) mass is 305 g/mol. The highest BCUT2D eigenvalue weighted by atomic mass is 16.5. The van der Waals surface area contributed by atoms with Crippen molar-refractivity contribution in [2.45, 2.75) is 32.9 Å². The molecule has 2 rings (SSSR count). The van der Waals surface area contributed by atoms with Crippen LogP contribution in [0.5, 0.6) is 0 Å². The Kier molecular flexibility index (Phi) is 4.27. The molecule has 0 spiro atoms. The third-order valence-corrected chi connectivity index (χ3v) is 3.91. The number of aliphatic imine (C=N–C) groups is 1. The van der Waals surface area contributed by atoms with Crippen molar-refractivity contribution in [3.63, 3.8) is 0 Å². The Morgan fingerprint density at radius 2 is 2.18 bits per heavy atom. The number of anilines is 1. The number of pyridine rings is 1. The van der Waals surface area contributed by atoms with E-state index in [0.717, 1.165) is 0 Å². The Morgan fingerprint density at radius 3 is 2.68 bits per heavy atom. The number of rotatable bonds is 5. The number of hydrogen-bond acceptors (Lipinski definition) is 5. The van der Waals surface area contributed by atoms with Crippen LogP contribution >= 0.6 is 0 Å². The molecular weight excluding hydrogens is 286 g/mol. The van der Waals surface area contributed by atoms with Crippen molar-refractivity contribution in [1.82, 2.24) is 4.98 Å². The van der Waals surface area contributed by atoms with Gasteiger partial charge in [0.05, 0.1) is 12.9 Å². The van der Waals surface area contributed by atoms with Crippen LogP contribution in [0.4, 0.5) is 5.82 Å². The van der Waals surface area contributed by atoms with E-state index in [1.165, 1.54) is 30.6 Å². The first-order valence-electron chi connectivity index (χ1n) is 6.91. The number of carboxylic acid groups (broad SMARTS) is 1. The Bertz CT molecular complexity index is 642. The summed E-state index contributed by atoms with van der Waals surface area (Å²) in [6.45, 7) is 5.77. The molecule has 118 valence electrons. The zero-order valence-electron chi connectivity index (χ0n) is 13.0. The molecule has 1 aromatic heterocycles. The largest absolute Gasteiger partial charge is 0.478 e. The van der Waals surface area contributed by atoms with E-state index >= 15 is 0 Å². The van der Waals surface area contributed by atoms with Crippen LogP contribution in [0.15, 0.2) is 17.3 Å². The number of aromatic carboxylic acids is 1. The van der Waals surface area contributed by atoms with Gasteiger partial charge in [0.25, 0.3) is 5.91 Å². The summed E-state index contributed by atoms with van der Waals surface area (Å²) in [6.07, 6.45) is 2.85. The molecule has 0 saturated carbocycles. The first-order valence-corrected chi connectivity index (χ1v) is 6.91. The summed E-state index contributed by atoms with van der Waals surface area (Å²) in [4.78, 5) is 33.7. The van der Waals surface area contributed by atoms with Crippen LogP contribution in [-0.2, 0) is 16.1 Å². The minimum atomic E-state index is -1.15. The van der Waals surface area contributed by atoms with Gasteiger partial charge in [-0.1, -0.05) is 13.8 Å². The number of carbonyl (C=O) groups is 2. The molecule has 0 radical (unpaired) electrons. The lowest BCUT2D eigenvalue weighted by Gasteiger charge is -2.25. The van der Waals surface area contributed by atoms with Crippen LogP contribution < -0.4 is 4.90 Å². The standard InChI is InChI=1S/C15H19N3O4/c1-9(2)15(3)14(21)18(8-17-15)12-11(13(19)20)5-10(6-16-12)7-22-4/h5-6,8-9H,7H2,1-4H3,(H,19,20). The summed E-state index contributed by atoms with van der Waals surface area (Å²) >= 11 is 0. The fraction of sp³-hybridized carbons (Fsp3) is 0.467. The SMILES string of the molecule is COCc1cnc(N2C=NC(C)(C(C)C)C2=O)c(C(=O)O)c1. The van der Waals surface area contributed by atoms with Gasteiger partial charge in [-0.2, -0.15) is 0 Å². The molecule has 1 unspecified atom stereocenters. The molecule has 1 atom stereocenters. The van der Waals surface area contributed by atoms with Crippen molar-refractivity contribution < 1.29 is 19.4 Å². The summed E-state index contributed by atoms with van der Waals surface area (Å²) in [5, 5.41) is 9.38. The molecule has 7 nitrogen and oxygen atoms in total. The highest BCUT2D eigenvalue weighted by Gasteiger charge is 2.44. The number of hydrogen-bond donors (Lipinski definition) is 1. The van der Waals surface area contributed by atoms with Gasteiger partial charge in [-0.25, -0.2) is 9.78 Å². The second kappa shape index (κ2) is 5.84. The van der Waals surface area contributed by atoms with Crippen molar-refractivity contribution in [3.8, 4) is 0 Å². The van der Waals surface area contributed by atoms with Crippen LogP contribution in [0.1, 0.15) is 36.7 Å². The van der Waals surface area contributed by atoms with Crippen molar-refractivity contribution in [3.05, 3.63) is 23.4 Å². The quantitative estimate of drug-likeness (QED) is 0.894. The van der Waals surface area contributed by atoms with Crippen molar-refractivity contribution >= 4 is 24.0 Å². The lowest BCUT2D eigenvalue weighted by atomic mass is 9.89. The highest BCUT2D eigenvalue weighted by Crippen LogP contribution is 2.31. The average Bonchev–Trinajstić information content (AvgIpc) is 2.77. The molecule has 7 heteroatoms. The molecule has 1 N–H and O–H groups in total. The number of ether oxygens (including phenoxy) is 1. The van der Waals surface area contributed by atoms with E-state index in [4.69, 9.17) is 4.74 Å². The number of methoxy groups -OCH3 is 1. The number of nitrogens with zero attached hydrogens (tertiary/aromatic N) is 3. The number of amides is 1. The van der Waals surface area contributed by atoms with E-state index in [1.807, 2.05) is 13.8 Å². The summed E-state index contributed by atoms with van der Waals surface area (Å²) in [7, 11) is 1.51. The fourth-order valence-corrected chi connectivity index (χ4v) is 2.17. The molecule has 0 bridgehead atoms. The number of carboxylic acids is 1. The van der Waals surface area contributed by atoms with E-state index in [0.29, 0.717) is 5.56 Å². The molecule has 0 aliphatic carbocycles. The maximum Gasteiger partial charge on any atom is 0.339 e. The molecule has 1 amide bonds. The Balaban J connectivity index is 2.44. The van der Waals surface area contributed by atoms with Crippen LogP contribution in [0, 0.1) is 5.92 Å². The van der Waals surface area contributed by atoms with Crippen LogP contribution in [0.2, 0.25) is 0 Å². The topological polar surface area (TPSA) is 92.1 Å². The lowest BCUT2D eigenvalue weighted by molar-refractivity contribution is -0.122. The first kappa shape index (κ1) is 16.1. The first-order chi connectivity index (χ1) is 10.3. The Morgan fingerprint density at radius 1 is 1.50 bits per heavy atom. The maximum absolute atomic E-state index is 12.6. The fourth-order valence-electron chi connectivity index (χ4n) is 2.17. The van der Waals surface area contributed by atoms with Crippen molar-refractivity contribution in [2.24, 2.45) is 10.9 Å². The van der Waals surface area contributed by atoms with Crippen molar-refractivity contribution in [2.75, 3.05) is 12.0 Å². The molecular formula is C15H19N3O4. The van der Waals surface area contributed by atoms with E-state index in [9.17, 15) is 14.7 Å². The van der Waals surface area contributed by atoms with E-state index in [1.54, 1.807) is 6.92 Å². The van der Waals surface area contributed by atoms with Crippen LogP contribution in [0.3, 0.4) is 0 Å². The van der Waals surface area contributed by atoms with Gasteiger partial charge in [0.15, 0.2) is 5.82 Å². The molecule has 1 aromatic rings. The number of aromatic nitrogens is 1. The minimum Gasteiger partial charge on any atom is -0.478 e. The highest BCUT2D eigenvalue weighted by molar-refractivity contribution is 6.18. The third kappa shape index (κ3) is 2.59. The molecule has 2 heterocycles. The molecule has 1 aliphatic rings. The van der Waals surface area contributed by atoms with Gasteiger partial charge >= 0.3 is 5.97 Å². The molecule has 1 aliphatic heterocycles. The minimum absolute atomic E-state index is 0.0118. The molecule has 0 saturated heterocycles. The van der Waals surface area contributed by atoms with Gasteiger partial charge in [-0.3, -0.25) is 14.7 Å². The summed E-state index contributed by atoms with van der Waals surface area (Å²) < 4.78 is 4.97.